The molecule has 4 heteroatoms. The number of hydrogen-bond acceptors (Lipinski definition) is 2. The smallest absolute Gasteiger partial charge is 0.197 e. The molecule has 1 aromatic carbocycles. The van der Waals surface area contributed by atoms with E-state index in [1.165, 1.54) is 18.3 Å². The van der Waals surface area contributed by atoms with Crippen LogP contribution in [0.4, 0.5) is 4.39 Å². The molecule has 2 aromatic rings. The van der Waals surface area contributed by atoms with E-state index in [0.717, 1.165) is 11.8 Å². The second-order valence-electron chi connectivity index (χ2n) is 3.64. The van der Waals surface area contributed by atoms with Crippen LogP contribution in [0.1, 0.15) is 21.6 Å². The number of aryl methyl sites for hydroxylation is 1. The summed E-state index contributed by atoms with van der Waals surface area (Å²) in [7, 11) is 0. The van der Waals surface area contributed by atoms with Gasteiger partial charge in [0.15, 0.2) is 5.78 Å². The SMILES string of the molecule is Cc1ccc(C(=O)c2ccc(Cl)cc2F)cn1. The molecule has 0 bridgehead atoms. The molecule has 0 fully saturated rings. The zero-order valence-electron chi connectivity index (χ0n) is 9.08. The highest BCUT2D eigenvalue weighted by molar-refractivity contribution is 6.30. The van der Waals surface area contributed by atoms with E-state index in [2.05, 4.69) is 4.98 Å². The van der Waals surface area contributed by atoms with Gasteiger partial charge < -0.3 is 0 Å². The molecule has 0 radical (unpaired) electrons. The predicted octanol–water partition coefficient (Wildman–Crippen LogP) is 3.41. The number of ketones is 1. The molecule has 0 amide bonds. The van der Waals surface area contributed by atoms with Crippen LogP contribution in [0.2, 0.25) is 5.02 Å². The molecule has 0 aliphatic carbocycles. The third-order valence-electron chi connectivity index (χ3n) is 2.35. The molecule has 0 N–H and O–H groups in total. The fourth-order valence-corrected chi connectivity index (χ4v) is 1.59. The third kappa shape index (κ3) is 2.50. The van der Waals surface area contributed by atoms with Crippen LogP contribution in [0, 0.1) is 12.7 Å². The van der Waals surface area contributed by atoms with E-state index >= 15 is 0 Å². The molecule has 1 heterocycles. The molecule has 0 aliphatic heterocycles. The van der Waals surface area contributed by atoms with Gasteiger partial charge in [0.1, 0.15) is 5.82 Å². The molecule has 0 atom stereocenters. The summed E-state index contributed by atoms with van der Waals surface area (Å²) in [6.07, 6.45) is 1.44. The highest BCUT2D eigenvalue weighted by atomic mass is 35.5. The van der Waals surface area contributed by atoms with Crippen LogP contribution in [0.3, 0.4) is 0 Å². The Hall–Kier alpha value is -1.74. The van der Waals surface area contributed by atoms with Gasteiger partial charge in [0.2, 0.25) is 0 Å². The fraction of sp³-hybridized carbons (Fsp3) is 0.0769. The summed E-state index contributed by atoms with van der Waals surface area (Å²) in [5, 5.41) is 0.265. The van der Waals surface area contributed by atoms with Gasteiger partial charge in [-0.05, 0) is 37.3 Å². The van der Waals surface area contributed by atoms with Gasteiger partial charge in [-0.3, -0.25) is 9.78 Å². The van der Waals surface area contributed by atoms with Crippen LogP contribution in [-0.4, -0.2) is 10.8 Å². The number of nitrogens with zero attached hydrogens (tertiary/aromatic N) is 1. The maximum atomic E-state index is 13.5. The highest BCUT2D eigenvalue weighted by Gasteiger charge is 2.14. The molecule has 1 aromatic heterocycles. The molecule has 0 saturated heterocycles. The van der Waals surface area contributed by atoms with Gasteiger partial charge in [0.05, 0.1) is 5.56 Å². The zero-order chi connectivity index (χ0) is 12.4. The van der Waals surface area contributed by atoms with E-state index in [1.807, 2.05) is 6.92 Å². The molecule has 0 spiro atoms. The first kappa shape index (κ1) is 11.7. The van der Waals surface area contributed by atoms with Crippen LogP contribution in [0.25, 0.3) is 0 Å². The van der Waals surface area contributed by atoms with Gasteiger partial charge in [0, 0.05) is 22.5 Å². The molecule has 0 aliphatic rings. The Morgan fingerprint density at radius 1 is 1.29 bits per heavy atom. The number of rotatable bonds is 2. The van der Waals surface area contributed by atoms with Gasteiger partial charge in [-0.2, -0.15) is 0 Å². The number of carbonyl (C=O) groups is 1. The summed E-state index contributed by atoms with van der Waals surface area (Å²) in [6.45, 7) is 1.82. The van der Waals surface area contributed by atoms with E-state index in [9.17, 15) is 9.18 Å². The van der Waals surface area contributed by atoms with Crippen LogP contribution in [0.15, 0.2) is 36.5 Å². The average Bonchev–Trinajstić information content (AvgIpc) is 2.29. The van der Waals surface area contributed by atoms with Crippen molar-refractivity contribution in [3.05, 3.63) is 64.2 Å². The molecule has 0 unspecified atom stereocenters. The number of benzene rings is 1. The van der Waals surface area contributed by atoms with E-state index < -0.39 is 11.6 Å². The van der Waals surface area contributed by atoms with Gasteiger partial charge >= 0.3 is 0 Å². The Balaban J connectivity index is 2.40. The molecule has 0 saturated carbocycles. The van der Waals surface area contributed by atoms with Crippen molar-refractivity contribution in [2.75, 3.05) is 0 Å². The van der Waals surface area contributed by atoms with Crippen molar-refractivity contribution >= 4 is 17.4 Å². The molecule has 2 rings (SSSR count). The minimum Gasteiger partial charge on any atom is -0.288 e. The first-order chi connectivity index (χ1) is 8.08. The first-order valence-electron chi connectivity index (χ1n) is 5.00. The predicted molar refractivity (Wildman–Crippen MR) is 63.8 cm³/mol. The lowest BCUT2D eigenvalue weighted by molar-refractivity contribution is 0.103. The molecular weight excluding hydrogens is 241 g/mol. The van der Waals surface area contributed by atoms with E-state index in [4.69, 9.17) is 11.6 Å². The summed E-state index contributed by atoms with van der Waals surface area (Å²) in [6, 6.07) is 7.32. The lowest BCUT2D eigenvalue weighted by Gasteiger charge is -2.03. The first-order valence-corrected chi connectivity index (χ1v) is 5.38. The largest absolute Gasteiger partial charge is 0.288 e. The van der Waals surface area contributed by atoms with Crippen molar-refractivity contribution in [1.82, 2.24) is 4.98 Å². The number of carbonyl (C=O) groups excluding carboxylic acids is 1. The van der Waals surface area contributed by atoms with Crippen molar-refractivity contribution in [2.24, 2.45) is 0 Å². The maximum absolute atomic E-state index is 13.5. The van der Waals surface area contributed by atoms with E-state index in [1.54, 1.807) is 12.1 Å². The van der Waals surface area contributed by atoms with Crippen molar-refractivity contribution in [2.45, 2.75) is 6.92 Å². The number of hydrogen-bond donors (Lipinski definition) is 0. The van der Waals surface area contributed by atoms with Crippen molar-refractivity contribution < 1.29 is 9.18 Å². The van der Waals surface area contributed by atoms with E-state index in [0.29, 0.717) is 5.56 Å². The van der Waals surface area contributed by atoms with Gasteiger partial charge in [-0.15, -0.1) is 0 Å². The summed E-state index contributed by atoms with van der Waals surface area (Å²) in [4.78, 5) is 16.0. The average molecular weight is 250 g/mol. The Bertz CT molecular complexity index is 566. The number of pyridine rings is 1. The molecule has 86 valence electrons. The lowest BCUT2D eigenvalue weighted by Crippen LogP contribution is -2.04. The van der Waals surface area contributed by atoms with Crippen molar-refractivity contribution in [1.29, 1.82) is 0 Å². The standard InChI is InChI=1S/C13H9ClFNO/c1-8-2-3-9(7-16-8)13(17)11-5-4-10(14)6-12(11)15/h2-7H,1H3. The van der Waals surface area contributed by atoms with E-state index in [-0.39, 0.29) is 10.6 Å². The van der Waals surface area contributed by atoms with Crippen LogP contribution >= 0.6 is 11.6 Å². The molecule has 2 nitrogen and oxygen atoms in total. The van der Waals surface area contributed by atoms with Gasteiger partial charge in [-0.25, -0.2) is 4.39 Å². The zero-order valence-corrected chi connectivity index (χ0v) is 9.83. The minimum absolute atomic E-state index is 0.0000491. The van der Waals surface area contributed by atoms with Gasteiger partial charge in [-0.1, -0.05) is 11.6 Å². The molecule has 17 heavy (non-hydrogen) atoms. The van der Waals surface area contributed by atoms with Crippen molar-refractivity contribution in [3.63, 3.8) is 0 Å². The van der Waals surface area contributed by atoms with Crippen molar-refractivity contribution in [3.8, 4) is 0 Å². The topological polar surface area (TPSA) is 30.0 Å². The van der Waals surface area contributed by atoms with Crippen LogP contribution in [0.5, 0.6) is 0 Å². The van der Waals surface area contributed by atoms with Gasteiger partial charge in [0.25, 0.3) is 0 Å². The summed E-state index contributed by atoms with van der Waals surface area (Å²) < 4.78 is 13.5. The fourth-order valence-electron chi connectivity index (χ4n) is 1.43. The number of halogens is 2. The van der Waals surface area contributed by atoms with Crippen LogP contribution < -0.4 is 0 Å². The maximum Gasteiger partial charge on any atom is 0.197 e. The minimum atomic E-state index is -0.622. The Labute approximate surface area is 103 Å². The third-order valence-corrected chi connectivity index (χ3v) is 2.58. The summed E-state index contributed by atoms with van der Waals surface area (Å²) >= 11 is 5.62. The second kappa shape index (κ2) is 4.63. The number of aromatic nitrogens is 1. The molecular formula is C13H9ClFNO. The Morgan fingerprint density at radius 2 is 2.06 bits per heavy atom. The summed E-state index contributed by atoms with van der Waals surface area (Å²) in [5.41, 5.74) is 1.16. The quantitative estimate of drug-likeness (QED) is 0.764. The lowest BCUT2D eigenvalue weighted by atomic mass is 10.0. The second-order valence-corrected chi connectivity index (χ2v) is 4.08. The van der Waals surface area contributed by atoms with Crippen LogP contribution in [-0.2, 0) is 0 Å². The Morgan fingerprint density at radius 3 is 2.65 bits per heavy atom. The highest BCUT2D eigenvalue weighted by Crippen LogP contribution is 2.17. The summed E-state index contributed by atoms with van der Waals surface area (Å²) in [5.74, 6) is -1.02. The normalized spacial score (nSPS) is 10.3. The Kier molecular flexibility index (Phi) is 3.20. The monoisotopic (exact) mass is 249 g/mol.